The molecule has 41 heavy (non-hydrogen) atoms. The van der Waals surface area contributed by atoms with Gasteiger partial charge in [-0.25, -0.2) is 0 Å². The summed E-state index contributed by atoms with van der Waals surface area (Å²) in [6, 6.07) is 14.4. The molecule has 0 atom stereocenters. The Kier molecular flexibility index (Phi) is 7.00. The van der Waals surface area contributed by atoms with E-state index in [9.17, 15) is 23.1 Å². The van der Waals surface area contributed by atoms with Gasteiger partial charge in [0.25, 0.3) is 0 Å². The Hall–Kier alpha value is -4.22. The van der Waals surface area contributed by atoms with Crippen LogP contribution in [0.15, 0.2) is 63.8 Å². The van der Waals surface area contributed by atoms with Gasteiger partial charge in [-0.2, -0.15) is 13.2 Å². The largest absolute Gasteiger partial charge is 0.507 e. The van der Waals surface area contributed by atoms with Crippen LogP contribution in [0.5, 0.6) is 23.0 Å². The van der Waals surface area contributed by atoms with Crippen molar-refractivity contribution in [2.75, 3.05) is 40.1 Å². The number of hydrogen-bond donors (Lipinski definition) is 1. The summed E-state index contributed by atoms with van der Waals surface area (Å²) < 4.78 is 64.4. The molecular weight excluding hydrogens is 541 g/mol. The van der Waals surface area contributed by atoms with Crippen LogP contribution in [0.25, 0.3) is 22.1 Å². The van der Waals surface area contributed by atoms with E-state index in [4.69, 9.17) is 18.6 Å². The predicted molar refractivity (Wildman–Crippen MR) is 144 cm³/mol. The van der Waals surface area contributed by atoms with Crippen molar-refractivity contribution in [1.29, 1.82) is 0 Å². The number of methoxy groups -OCH3 is 1. The lowest BCUT2D eigenvalue weighted by Crippen LogP contribution is -2.45. The van der Waals surface area contributed by atoms with Crippen molar-refractivity contribution in [1.82, 2.24) is 9.80 Å². The van der Waals surface area contributed by atoms with E-state index in [1.165, 1.54) is 37.4 Å². The van der Waals surface area contributed by atoms with Gasteiger partial charge >= 0.3 is 6.18 Å². The maximum absolute atomic E-state index is 14.3. The number of halogens is 3. The SMILES string of the molecule is COc1ccccc1-c1c(C(F)(F)F)oc2c(CN3CCN(Cc4ccc5c(c4)OCO5)CC3)c(O)ccc2c1=O. The Labute approximate surface area is 233 Å². The molecule has 11 heteroatoms. The number of rotatable bonds is 6. The monoisotopic (exact) mass is 568 g/mol. The van der Waals surface area contributed by atoms with Crippen LogP contribution in [0.1, 0.15) is 16.9 Å². The number of piperazine rings is 1. The van der Waals surface area contributed by atoms with E-state index in [-0.39, 0.29) is 46.9 Å². The second-order valence-corrected chi connectivity index (χ2v) is 10.0. The third-order valence-corrected chi connectivity index (χ3v) is 7.46. The zero-order valence-electron chi connectivity index (χ0n) is 22.2. The summed E-state index contributed by atoms with van der Waals surface area (Å²) in [6.45, 7) is 3.66. The number of para-hydroxylation sites is 1. The fourth-order valence-electron chi connectivity index (χ4n) is 5.38. The van der Waals surface area contributed by atoms with E-state index >= 15 is 0 Å². The van der Waals surface area contributed by atoms with Gasteiger partial charge in [-0.3, -0.25) is 14.6 Å². The lowest BCUT2D eigenvalue weighted by molar-refractivity contribution is -0.152. The van der Waals surface area contributed by atoms with Gasteiger partial charge in [-0.15, -0.1) is 0 Å². The number of nitrogens with zero attached hydrogens (tertiary/aromatic N) is 2. The fraction of sp³-hybridized carbons (Fsp3) is 0.300. The van der Waals surface area contributed by atoms with Gasteiger partial charge in [-0.05, 0) is 35.9 Å². The first-order chi connectivity index (χ1) is 19.7. The van der Waals surface area contributed by atoms with E-state index in [1.807, 2.05) is 23.1 Å². The smallest absolute Gasteiger partial charge is 0.450 e. The highest BCUT2D eigenvalue weighted by Gasteiger charge is 2.40. The van der Waals surface area contributed by atoms with E-state index in [0.29, 0.717) is 32.7 Å². The summed E-state index contributed by atoms with van der Waals surface area (Å²) >= 11 is 0. The maximum atomic E-state index is 14.3. The van der Waals surface area contributed by atoms with Crippen molar-refractivity contribution in [2.24, 2.45) is 0 Å². The predicted octanol–water partition coefficient (Wildman–Crippen LogP) is 5.24. The van der Waals surface area contributed by atoms with Crippen LogP contribution >= 0.6 is 0 Å². The molecule has 1 aromatic heterocycles. The average Bonchev–Trinajstić information content (AvgIpc) is 3.43. The zero-order valence-corrected chi connectivity index (χ0v) is 22.2. The number of phenolic OH excluding ortho intramolecular Hbond substituents is 1. The van der Waals surface area contributed by atoms with Gasteiger partial charge in [0.2, 0.25) is 18.0 Å². The highest BCUT2D eigenvalue weighted by atomic mass is 19.4. The summed E-state index contributed by atoms with van der Waals surface area (Å²) in [7, 11) is 1.32. The van der Waals surface area contributed by atoms with Crippen LogP contribution in [0.3, 0.4) is 0 Å². The maximum Gasteiger partial charge on any atom is 0.450 e. The molecule has 214 valence electrons. The summed E-state index contributed by atoms with van der Waals surface area (Å²) in [6.07, 6.45) is -4.97. The Morgan fingerprint density at radius 3 is 2.37 bits per heavy atom. The van der Waals surface area contributed by atoms with Gasteiger partial charge in [-0.1, -0.05) is 24.3 Å². The highest BCUT2D eigenvalue weighted by molar-refractivity contribution is 5.88. The summed E-state index contributed by atoms with van der Waals surface area (Å²) in [5.41, 5.74) is -0.549. The molecule has 0 radical (unpaired) electrons. The number of phenols is 1. The van der Waals surface area contributed by atoms with Crippen molar-refractivity contribution < 1.29 is 36.9 Å². The molecule has 0 unspecified atom stereocenters. The van der Waals surface area contributed by atoms with Crippen LogP contribution in [0.4, 0.5) is 13.2 Å². The molecule has 3 aromatic carbocycles. The van der Waals surface area contributed by atoms with Gasteiger partial charge in [0.1, 0.15) is 17.1 Å². The Morgan fingerprint density at radius 1 is 0.927 bits per heavy atom. The lowest BCUT2D eigenvalue weighted by Gasteiger charge is -2.35. The minimum absolute atomic E-state index is 0.0221. The number of hydrogen-bond acceptors (Lipinski definition) is 8. The van der Waals surface area contributed by atoms with Gasteiger partial charge < -0.3 is 23.7 Å². The van der Waals surface area contributed by atoms with Crippen molar-refractivity contribution in [3.63, 3.8) is 0 Å². The molecule has 0 bridgehead atoms. The molecule has 6 rings (SSSR count). The van der Waals surface area contributed by atoms with E-state index in [1.54, 1.807) is 6.07 Å². The number of alkyl halides is 3. The van der Waals surface area contributed by atoms with E-state index in [2.05, 4.69) is 4.90 Å². The van der Waals surface area contributed by atoms with E-state index < -0.39 is 22.9 Å². The number of benzene rings is 3. The molecule has 8 nitrogen and oxygen atoms in total. The van der Waals surface area contributed by atoms with Gasteiger partial charge in [0.05, 0.1) is 23.6 Å². The minimum atomic E-state index is -4.97. The Morgan fingerprint density at radius 2 is 1.63 bits per heavy atom. The molecule has 2 aliphatic rings. The number of ether oxygens (including phenoxy) is 3. The molecule has 1 fully saturated rings. The standard InChI is InChI=1S/C30H27F3N2O6/c1-38-23-5-3-2-4-19(23)26-27(37)20-7-8-22(36)21(28(20)41-29(26)30(31,32)33)16-35-12-10-34(11-13-35)15-18-6-9-24-25(14-18)40-17-39-24/h2-9,14,36H,10-13,15-17H2,1H3. The molecule has 0 amide bonds. The zero-order chi connectivity index (χ0) is 28.7. The molecule has 0 aliphatic carbocycles. The van der Waals surface area contributed by atoms with E-state index in [0.717, 1.165) is 17.1 Å². The summed E-state index contributed by atoms with van der Waals surface area (Å²) in [4.78, 5) is 17.9. The third kappa shape index (κ3) is 5.18. The van der Waals surface area contributed by atoms with Gasteiger partial charge in [0, 0.05) is 44.8 Å². The fourth-order valence-corrected chi connectivity index (χ4v) is 5.38. The highest BCUT2D eigenvalue weighted by Crippen LogP contribution is 2.41. The summed E-state index contributed by atoms with van der Waals surface area (Å²) in [5, 5.41) is 10.6. The second-order valence-electron chi connectivity index (χ2n) is 10.0. The number of aromatic hydroxyl groups is 1. The lowest BCUT2D eigenvalue weighted by atomic mass is 9.99. The Balaban J connectivity index is 1.28. The van der Waals surface area contributed by atoms with Crippen LogP contribution in [-0.2, 0) is 19.3 Å². The van der Waals surface area contributed by atoms with Crippen molar-refractivity contribution in [3.8, 4) is 34.1 Å². The quantitative estimate of drug-likeness (QED) is 0.338. The molecule has 1 N–H and O–H groups in total. The Bertz CT molecular complexity index is 1660. The van der Waals surface area contributed by atoms with Crippen LogP contribution < -0.4 is 19.6 Å². The molecule has 2 aliphatic heterocycles. The first-order valence-corrected chi connectivity index (χ1v) is 13.1. The first kappa shape index (κ1) is 27.0. The van der Waals surface area contributed by atoms with Crippen molar-refractivity contribution >= 4 is 11.0 Å². The average molecular weight is 569 g/mol. The van der Waals surface area contributed by atoms with Crippen molar-refractivity contribution in [2.45, 2.75) is 19.3 Å². The van der Waals surface area contributed by atoms with Crippen molar-refractivity contribution in [3.05, 3.63) is 81.7 Å². The third-order valence-electron chi connectivity index (χ3n) is 7.46. The molecule has 0 saturated carbocycles. The molecule has 1 saturated heterocycles. The van der Waals surface area contributed by atoms with Crippen LogP contribution in [0, 0.1) is 0 Å². The van der Waals surface area contributed by atoms with Gasteiger partial charge in [0.15, 0.2) is 11.5 Å². The minimum Gasteiger partial charge on any atom is -0.507 e. The number of fused-ring (bicyclic) bond motifs is 2. The summed E-state index contributed by atoms with van der Waals surface area (Å²) in [5.74, 6) is -0.103. The molecule has 3 heterocycles. The normalized spacial score (nSPS) is 15.9. The second kappa shape index (κ2) is 10.6. The molecule has 4 aromatic rings. The van der Waals surface area contributed by atoms with Crippen LogP contribution in [-0.4, -0.2) is 55.0 Å². The van der Waals surface area contributed by atoms with Crippen LogP contribution in [0.2, 0.25) is 0 Å². The molecular formula is C30H27F3N2O6. The topological polar surface area (TPSA) is 84.6 Å². The molecule has 0 spiro atoms. The first-order valence-electron chi connectivity index (χ1n) is 13.1.